The second-order valence-corrected chi connectivity index (χ2v) is 6.40. The normalized spacial score (nSPS) is 10.6. The Morgan fingerprint density at radius 2 is 1.79 bits per heavy atom. The van der Waals surface area contributed by atoms with Crippen molar-refractivity contribution in [3.63, 3.8) is 0 Å². The molecule has 0 spiro atoms. The average Bonchev–Trinajstić information content (AvgIpc) is 2.74. The Labute approximate surface area is 163 Å². The first-order chi connectivity index (χ1) is 13.7. The second-order valence-electron chi connectivity index (χ2n) is 6.40. The summed E-state index contributed by atoms with van der Waals surface area (Å²) in [6.45, 7) is 1.93. The highest BCUT2D eigenvalue weighted by Crippen LogP contribution is 2.31. The van der Waals surface area contributed by atoms with Crippen LogP contribution in [0.25, 0.3) is 22.2 Å². The number of nitrogens with zero attached hydrogens (tertiary/aromatic N) is 2. The lowest BCUT2D eigenvalue weighted by molar-refractivity contribution is 0.102. The second kappa shape index (κ2) is 7.48. The Morgan fingerprint density at radius 3 is 2.50 bits per heavy atom. The van der Waals surface area contributed by atoms with Crippen LogP contribution in [0.15, 0.2) is 73.1 Å². The third-order valence-electron chi connectivity index (χ3n) is 4.65. The molecule has 0 aliphatic heterocycles. The van der Waals surface area contributed by atoms with E-state index in [1.54, 1.807) is 25.6 Å². The van der Waals surface area contributed by atoms with Crippen LogP contribution in [0, 0.1) is 6.92 Å². The first kappa shape index (κ1) is 17.7. The van der Waals surface area contributed by atoms with Gasteiger partial charge in [-0.25, -0.2) is 4.98 Å². The number of ether oxygens (including phenoxy) is 1. The number of para-hydroxylation sites is 1. The molecular formula is C23H19N3O2. The van der Waals surface area contributed by atoms with Crippen molar-refractivity contribution in [1.29, 1.82) is 0 Å². The third kappa shape index (κ3) is 3.30. The highest BCUT2D eigenvalue weighted by Gasteiger charge is 2.19. The number of pyridine rings is 2. The number of fused-ring (bicyclic) bond motifs is 1. The summed E-state index contributed by atoms with van der Waals surface area (Å²) in [6, 6.07) is 19.0. The summed E-state index contributed by atoms with van der Waals surface area (Å²) in [4.78, 5) is 22.0. The molecule has 0 fully saturated rings. The minimum atomic E-state index is -0.182. The van der Waals surface area contributed by atoms with Crippen LogP contribution in [0.3, 0.4) is 0 Å². The van der Waals surface area contributed by atoms with Crippen molar-refractivity contribution in [2.24, 2.45) is 0 Å². The number of methoxy groups -OCH3 is 1. The van der Waals surface area contributed by atoms with Gasteiger partial charge >= 0.3 is 0 Å². The van der Waals surface area contributed by atoms with E-state index < -0.39 is 0 Å². The molecule has 0 unspecified atom stereocenters. The predicted octanol–water partition coefficient (Wildman–Crippen LogP) is 4.87. The maximum Gasteiger partial charge on any atom is 0.256 e. The minimum Gasteiger partial charge on any atom is -0.497 e. The summed E-state index contributed by atoms with van der Waals surface area (Å²) in [6.07, 6.45) is 3.30. The van der Waals surface area contributed by atoms with Crippen molar-refractivity contribution < 1.29 is 9.53 Å². The van der Waals surface area contributed by atoms with Crippen LogP contribution in [-0.2, 0) is 0 Å². The van der Waals surface area contributed by atoms with E-state index in [0.717, 1.165) is 33.5 Å². The van der Waals surface area contributed by atoms with E-state index in [4.69, 9.17) is 9.72 Å². The van der Waals surface area contributed by atoms with Gasteiger partial charge in [0.1, 0.15) is 5.75 Å². The Morgan fingerprint density at radius 1 is 1.00 bits per heavy atom. The number of benzene rings is 2. The van der Waals surface area contributed by atoms with E-state index >= 15 is 0 Å². The summed E-state index contributed by atoms with van der Waals surface area (Å²) >= 11 is 0. The summed E-state index contributed by atoms with van der Waals surface area (Å²) in [5.74, 6) is 0.593. The molecule has 0 bridgehead atoms. The Hall–Kier alpha value is -3.73. The molecule has 0 saturated carbocycles. The van der Waals surface area contributed by atoms with E-state index in [1.165, 1.54) is 0 Å². The fourth-order valence-corrected chi connectivity index (χ4v) is 3.26. The van der Waals surface area contributed by atoms with E-state index in [-0.39, 0.29) is 5.91 Å². The molecule has 5 nitrogen and oxygen atoms in total. The molecule has 138 valence electrons. The van der Waals surface area contributed by atoms with Gasteiger partial charge in [0.05, 0.1) is 35.8 Å². The number of hydrogen-bond donors (Lipinski definition) is 1. The molecule has 1 amide bonds. The molecule has 5 heteroatoms. The van der Waals surface area contributed by atoms with Crippen molar-refractivity contribution in [3.8, 4) is 17.0 Å². The zero-order valence-electron chi connectivity index (χ0n) is 15.6. The lowest BCUT2D eigenvalue weighted by Crippen LogP contribution is -2.15. The van der Waals surface area contributed by atoms with Gasteiger partial charge in [0, 0.05) is 17.1 Å². The van der Waals surface area contributed by atoms with Crippen LogP contribution in [-0.4, -0.2) is 23.0 Å². The number of hydrogen-bond acceptors (Lipinski definition) is 4. The SMILES string of the molecule is COc1ccc(-c2nc3ccccc3c(C(=O)Nc3cccnc3)c2C)cc1. The summed E-state index contributed by atoms with van der Waals surface area (Å²) in [5.41, 5.74) is 4.57. The number of carbonyl (C=O) groups excluding carboxylic acids is 1. The first-order valence-electron chi connectivity index (χ1n) is 8.92. The maximum atomic E-state index is 13.1. The van der Waals surface area contributed by atoms with Gasteiger partial charge in [0.25, 0.3) is 5.91 Å². The van der Waals surface area contributed by atoms with Crippen LogP contribution in [0.5, 0.6) is 5.75 Å². The Balaban J connectivity index is 1.86. The summed E-state index contributed by atoms with van der Waals surface area (Å²) in [7, 11) is 1.63. The van der Waals surface area contributed by atoms with Crippen molar-refractivity contribution in [2.45, 2.75) is 6.92 Å². The van der Waals surface area contributed by atoms with Gasteiger partial charge in [-0.1, -0.05) is 18.2 Å². The lowest BCUT2D eigenvalue weighted by Gasteiger charge is -2.15. The molecule has 2 aromatic carbocycles. The van der Waals surface area contributed by atoms with Gasteiger partial charge < -0.3 is 10.1 Å². The van der Waals surface area contributed by atoms with Crippen LogP contribution >= 0.6 is 0 Å². The van der Waals surface area contributed by atoms with Gasteiger partial charge in [0.15, 0.2) is 0 Å². The number of nitrogens with one attached hydrogen (secondary N) is 1. The van der Waals surface area contributed by atoms with Crippen molar-refractivity contribution in [2.75, 3.05) is 12.4 Å². The van der Waals surface area contributed by atoms with Crippen molar-refractivity contribution in [3.05, 3.63) is 84.2 Å². The molecule has 4 aromatic rings. The number of amides is 1. The minimum absolute atomic E-state index is 0.182. The highest BCUT2D eigenvalue weighted by atomic mass is 16.5. The highest BCUT2D eigenvalue weighted by molar-refractivity contribution is 6.14. The number of carbonyl (C=O) groups is 1. The summed E-state index contributed by atoms with van der Waals surface area (Å²) in [5, 5.41) is 3.76. The molecule has 4 rings (SSSR count). The zero-order valence-corrected chi connectivity index (χ0v) is 15.6. The van der Waals surface area contributed by atoms with Crippen LogP contribution < -0.4 is 10.1 Å². The van der Waals surface area contributed by atoms with Crippen LogP contribution in [0.4, 0.5) is 5.69 Å². The topological polar surface area (TPSA) is 64.1 Å². The van der Waals surface area contributed by atoms with Gasteiger partial charge in [-0.15, -0.1) is 0 Å². The number of aromatic nitrogens is 2. The maximum absolute atomic E-state index is 13.1. The van der Waals surface area contributed by atoms with E-state index in [0.29, 0.717) is 11.3 Å². The van der Waals surface area contributed by atoms with E-state index in [9.17, 15) is 4.79 Å². The number of rotatable bonds is 4. The standard InChI is InChI=1S/C23H19N3O2/c1-15-21(23(27)25-17-6-5-13-24-14-17)19-7-3-4-8-20(19)26-22(15)16-9-11-18(28-2)12-10-16/h3-14H,1-2H3,(H,25,27). The van der Waals surface area contributed by atoms with Gasteiger partial charge in [-0.3, -0.25) is 9.78 Å². The van der Waals surface area contributed by atoms with Gasteiger partial charge in [-0.05, 0) is 55.0 Å². The zero-order chi connectivity index (χ0) is 19.5. The molecule has 0 aliphatic rings. The van der Waals surface area contributed by atoms with E-state index in [1.807, 2.05) is 61.5 Å². The Bertz CT molecular complexity index is 1140. The molecule has 2 aromatic heterocycles. The van der Waals surface area contributed by atoms with E-state index in [2.05, 4.69) is 10.3 Å². The molecule has 0 radical (unpaired) electrons. The molecule has 1 N–H and O–H groups in total. The van der Waals surface area contributed by atoms with Crippen molar-refractivity contribution >= 4 is 22.5 Å². The largest absolute Gasteiger partial charge is 0.497 e. The monoisotopic (exact) mass is 369 g/mol. The fraction of sp³-hybridized carbons (Fsp3) is 0.0870. The van der Waals surface area contributed by atoms with Crippen molar-refractivity contribution in [1.82, 2.24) is 9.97 Å². The third-order valence-corrected chi connectivity index (χ3v) is 4.65. The molecule has 0 saturated heterocycles. The predicted molar refractivity (Wildman–Crippen MR) is 111 cm³/mol. The van der Waals surface area contributed by atoms with Gasteiger partial charge in [0.2, 0.25) is 0 Å². The molecular weight excluding hydrogens is 350 g/mol. The van der Waals surface area contributed by atoms with Crippen LogP contribution in [0.2, 0.25) is 0 Å². The lowest BCUT2D eigenvalue weighted by atomic mass is 9.97. The smallest absolute Gasteiger partial charge is 0.256 e. The fourth-order valence-electron chi connectivity index (χ4n) is 3.26. The summed E-state index contributed by atoms with van der Waals surface area (Å²) < 4.78 is 5.24. The number of anilines is 1. The first-order valence-corrected chi connectivity index (χ1v) is 8.92. The molecule has 2 heterocycles. The van der Waals surface area contributed by atoms with Gasteiger partial charge in [-0.2, -0.15) is 0 Å². The molecule has 0 atom stereocenters. The average molecular weight is 369 g/mol. The molecule has 0 aliphatic carbocycles. The Kier molecular flexibility index (Phi) is 4.72. The molecule has 28 heavy (non-hydrogen) atoms. The van der Waals surface area contributed by atoms with Crippen LogP contribution in [0.1, 0.15) is 15.9 Å². The quantitative estimate of drug-likeness (QED) is 0.558.